The van der Waals surface area contributed by atoms with Crippen LogP contribution in [0.25, 0.3) is 0 Å². The van der Waals surface area contributed by atoms with Gasteiger partial charge >= 0.3 is 0 Å². The lowest BCUT2D eigenvalue weighted by Crippen LogP contribution is -2.35. The molecule has 1 aliphatic rings. The van der Waals surface area contributed by atoms with E-state index in [1.165, 1.54) is 18.3 Å². The minimum absolute atomic E-state index is 0.0261. The molecule has 0 radical (unpaired) electrons. The summed E-state index contributed by atoms with van der Waals surface area (Å²) in [5.41, 5.74) is 0. The van der Waals surface area contributed by atoms with Crippen molar-refractivity contribution >= 4 is 25.7 Å². The van der Waals surface area contributed by atoms with Crippen LogP contribution in [0.1, 0.15) is 6.42 Å². The quantitative estimate of drug-likeness (QED) is 0.783. The van der Waals surface area contributed by atoms with E-state index >= 15 is 0 Å². The largest absolute Gasteiger partial charge is 0.373 e. The Kier molecular flexibility index (Phi) is 3.79. The number of sulfone groups is 1. The average molecular weight is 305 g/mol. The van der Waals surface area contributed by atoms with Gasteiger partial charge < -0.3 is 5.32 Å². The number of nitrogens with zero attached hydrogens (tertiary/aromatic N) is 1. The average Bonchev–Trinajstić information content (AvgIpc) is 2.68. The summed E-state index contributed by atoms with van der Waals surface area (Å²) >= 11 is 0. The molecule has 19 heavy (non-hydrogen) atoms. The summed E-state index contributed by atoms with van der Waals surface area (Å²) in [6.07, 6.45) is 1.69. The second-order valence-electron chi connectivity index (χ2n) is 4.35. The van der Waals surface area contributed by atoms with Crippen molar-refractivity contribution in [1.82, 2.24) is 9.71 Å². The van der Waals surface area contributed by atoms with Gasteiger partial charge in [0.05, 0.1) is 16.4 Å². The van der Waals surface area contributed by atoms with Crippen LogP contribution >= 0.6 is 0 Å². The van der Waals surface area contributed by atoms with Crippen LogP contribution in [0.4, 0.5) is 5.82 Å². The molecule has 2 N–H and O–H groups in total. The molecule has 0 amide bonds. The lowest BCUT2D eigenvalue weighted by molar-refractivity contribution is 0.562. The minimum Gasteiger partial charge on any atom is -0.373 e. The molecule has 1 aromatic heterocycles. The minimum atomic E-state index is -3.72. The van der Waals surface area contributed by atoms with Gasteiger partial charge in [-0.25, -0.2) is 26.5 Å². The molecule has 2 heterocycles. The molecule has 0 aliphatic carbocycles. The third kappa shape index (κ3) is 3.43. The van der Waals surface area contributed by atoms with Crippen LogP contribution in [0.15, 0.2) is 23.2 Å². The molecule has 106 valence electrons. The number of aromatic nitrogens is 1. The highest BCUT2D eigenvalue weighted by atomic mass is 32.2. The monoisotopic (exact) mass is 305 g/mol. The molecule has 1 fully saturated rings. The van der Waals surface area contributed by atoms with Gasteiger partial charge in [0.25, 0.3) is 0 Å². The number of nitrogens with one attached hydrogen (secondary N) is 2. The van der Waals surface area contributed by atoms with Gasteiger partial charge in [0, 0.05) is 25.4 Å². The lowest BCUT2D eigenvalue weighted by Gasteiger charge is -2.12. The maximum atomic E-state index is 12.1. The SMILES string of the molecule is CNc1cc(S(=O)(=O)NC2CCS(=O)(=O)C2)ccn1. The van der Waals surface area contributed by atoms with E-state index in [4.69, 9.17) is 0 Å². The second kappa shape index (κ2) is 5.06. The van der Waals surface area contributed by atoms with Gasteiger partial charge in [-0.05, 0) is 12.5 Å². The first-order valence-corrected chi connectivity index (χ1v) is 8.99. The Balaban J connectivity index is 2.19. The summed E-state index contributed by atoms with van der Waals surface area (Å²) in [6, 6.07) is 2.21. The third-order valence-corrected chi connectivity index (χ3v) is 6.14. The number of anilines is 1. The number of hydrogen-bond donors (Lipinski definition) is 2. The first-order valence-electron chi connectivity index (χ1n) is 5.69. The van der Waals surface area contributed by atoms with Crippen molar-refractivity contribution in [1.29, 1.82) is 0 Å². The molecule has 1 saturated heterocycles. The van der Waals surface area contributed by atoms with E-state index in [0.29, 0.717) is 12.2 Å². The summed E-state index contributed by atoms with van der Waals surface area (Å²) in [7, 11) is -5.20. The number of sulfonamides is 1. The van der Waals surface area contributed by atoms with Crippen molar-refractivity contribution in [2.75, 3.05) is 23.9 Å². The number of hydrogen-bond acceptors (Lipinski definition) is 6. The van der Waals surface area contributed by atoms with Crippen LogP contribution < -0.4 is 10.0 Å². The maximum Gasteiger partial charge on any atom is 0.241 e. The fraction of sp³-hybridized carbons (Fsp3) is 0.500. The fourth-order valence-corrected chi connectivity index (χ4v) is 4.95. The van der Waals surface area contributed by atoms with Crippen LogP contribution in [0.2, 0.25) is 0 Å². The van der Waals surface area contributed by atoms with Gasteiger partial charge in [0.1, 0.15) is 5.82 Å². The maximum absolute atomic E-state index is 12.1. The van der Waals surface area contributed by atoms with Gasteiger partial charge in [0.2, 0.25) is 10.0 Å². The molecule has 1 aromatic rings. The summed E-state index contributed by atoms with van der Waals surface area (Å²) in [5, 5.41) is 2.75. The van der Waals surface area contributed by atoms with Gasteiger partial charge in [-0.1, -0.05) is 0 Å². The Morgan fingerprint density at radius 2 is 2.16 bits per heavy atom. The predicted molar refractivity (Wildman–Crippen MR) is 71.2 cm³/mol. The molecule has 0 bridgehead atoms. The third-order valence-electron chi connectivity index (χ3n) is 2.85. The topological polar surface area (TPSA) is 105 Å². The Bertz CT molecular complexity index is 670. The zero-order valence-corrected chi connectivity index (χ0v) is 12.0. The number of pyridine rings is 1. The molecule has 1 aliphatic heterocycles. The van der Waals surface area contributed by atoms with E-state index in [1.54, 1.807) is 7.05 Å². The molecular weight excluding hydrogens is 290 g/mol. The predicted octanol–water partition coefficient (Wildman–Crippen LogP) is -0.411. The van der Waals surface area contributed by atoms with Crippen LogP contribution in [-0.2, 0) is 19.9 Å². The van der Waals surface area contributed by atoms with Crippen molar-refractivity contribution in [2.45, 2.75) is 17.4 Å². The second-order valence-corrected chi connectivity index (χ2v) is 8.29. The highest BCUT2D eigenvalue weighted by Gasteiger charge is 2.31. The zero-order chi connectivity index (χ0) is 14.1. The van der Waals surface area contributed by atoms with Gasteiger partial charge in [-0.15, -0.1) is 0 Å². The van der Waals surface area contributed by atoms with Crippen LogP contribution in [0.5, 0.6) is 0 Å². The smallest absolute Gasteiger partial charge is 0.241 e. The van der Waals surface area contributed by atoms with Crippen molar-refractivity contribution in [3.05, 3.63) is 18.3 Å². The van der Waals surface area contributed by atoms with E-state index in [2.05, 4.69) is 15.0 Å². The van der Waals surface area contributed by atoms with Crippen molar-refractivity contribution < 1.29 is 16.8 Å². The standard InChI is InChI=1S/C10H15N3O4S2/c1-11-10-6-9(2-4-12-10)19(16,17)13-8-3-5-18(14,15)7-8/h2,4,6,8,13H,3,5,7H2,1H3,(H,11,12). The highest BCUT2D eigenvalue weighted by Crippen LogP contribution is 2.17. The van der Waals surface area contributed by atoms with E-state index in [0.717, 1.165) is 0 Å². The molecule has 0 aromatic carbocycles. The Hall–Kier alpha value is -1.19. The van der Waals surface area contributed by atoms with Gasteiger partial charge in [-0.2, -0.15) is 0 Å². The van der Waals surface area contributed by atoms with E-state index in [1.807, 2.05) is 0 Å². The number of rotatable bonds is 4. The van der Waals surface area contributed by atoms with E-state index in [-0.39, 0.29) is 16.4 Å². The Labute approximate surface area is 112 Å². The first-order chi connectivity index (χ1) is 8.82. The normalized spacial score (nSPS) is 22.3. The van der Waals surface area contributed by atoms with Crippen molar-refractivity contribution in [3.8, 4) is 0 Å². The summed E-state index contributed by atoms with van der Waals surface area (Å²) in [5.74, 6) is 0.316. The molecule has 9 heteroatoms. The molecule has 2 rings (SSSR count). The molecule has 1 atom stereocenters. The van der Waals surface area contributed by atoms with Crippen molar-refractivity contribution in [2.24, 2.45) is 0 Å². The van der Waals surface area contributed by atoms with Gasteiger partial charge in [-0.3, -0.25) is 0 Å². The molecule has 0 spiro atoms. The molecular formula is C10H15N3O4S2. The Morgan fingerprint density at radius 3 is 2.74 bits per heavy atom. The van der Waals surface area contributed by atoms with Crippen molar-refractivity contribution in [3.63, 3.8) is 0 Å². The molecule has 0 saturated carbocycles. The summed E-state index contributed by atoms with van der Waals surface area (Å²) in [4.78, 5) is 3.99. The van der Waals surface area contributed by atoms with Crippen LogP contribution in [0, 0.1) is 0 Å². The van der Waals surface area contributed by atoms with Crippen LogP contribution in [0.3, 0.4) is 0 Å². The van der Waals surface area contributed by atoms with E-state index < -0.39 is 25.9 Å². The lowest BCUT2D eigenvalue weighted by atomic mass is 10.3. The fourth-order valence-electron chi connectivity index (χ4n) is 1.89. The molecule has 1 unspecified atom stereocenters. The van der Waals surface area contributed by atoms with Crippen LogP contribution in [-0.4, -0.2) is 46.4 Å². The van der Waals surface area contributed by atoms with E-state index in [9.17, 15) is 16.8 Å². The summed E-state index contributed by atoms with van der Waals surface area (Å²) < 4.78 is 49.2. The molecule has 7 nitrogen and oxygen atoms in total. The highest BCUT2D eigenvalue weighted by molar-refractivity contribution is 7.92. The summed E-state index contributed by atoms with van der Waals surface area (Å²) in [6.45, 7) is 0. The van der Waals surface area contributed by atoms with Gasteiger partial charge in [0.15, 0.2) is 9.84 Å². The Morgan fingerprint density at radius 1 is 1.42 bits per heavy atom. The first kappa shape index (κ1) is 14.2. The zero-order valence-electron chi connectivity index (χ0n) is 10.3.